The lowest BCUT2D eigenvalue weighted by Gasteiger charge is -2.27. The lowest BCUT2D eigenvalue weighted by atomic mass is 9.96. The molecule has 1 amide bonds. The van der Waals surface area contributed by atoms with E-state index in [1.165, 1.54) is 0 Å². The van der Waals surface area contributed by atoms with Crippen molar-refractivity contribution < 1.29 is 19.4 Å². The summed E-state index contributed by atoms with van der Waals surface area (Å²) in [5.74, 6) is -1.01. The molecule has 0 aromatic heterocycles. The molecule has 0 aliphatic carbocycles. The zero-order valence-electron chi connectivity index (χ0n) is 12.7. The molecule has 2 heterocycles. The number of para-hydroxylation sites is 1. The van der Waals surface area contributed by atoms with Crippen LogP contribution in [0.1, 0.15) is 20.3 Å². The van der Waals surface area contributed by atoms with E-state index in [0.29, 0.717) is 13.0 Å². The zero-order valence-corrected chi connectivity index (χ0v) is 13.6. The summed E-state index contributed by atoms with van der Waals surface area (Å²) in [6.07, 6.45) is 0.242. The van der Waals surface area contributed by atoms with Gasteiger partial charge in [0.05, 0.1) is 24.3 Å². The van der Waals surface area contributed by atoms with Crippen molar-refractivity contribution in [2.75, 3.05) is 18.5 Å². The van der Waals surface area contributed by atoms with Gasteiger partial charge >= 0.3 is 0 Å². The third-order valence-corrected chi connectivity index (χ3v) is 5.49. The Morgan fingerprint density at radius 2 is 2.18 bits per heavy atom. The third-order valence-electron chi connectivity index (χ3n) is 3.98. The Bertz CT molecular complexity index is 563. The molecule has 0 radical (unpaired) electrons. The van der Waals surface area contributed by atoms with E-state index in [4.69, 9.17) is 9.47 Å². The number of carbonyl (C=O) groups excluding carboxylic acids is 1. The van der Waals surface area contributed by atoms with Gasteiger partial charge in [0, 0.05) is 16.8 Å². The van der Waals surface area contributed by atoms with Crippen molar-refractivity contribution in [2.24, 2.45) is 5.92 Å². The quantitative estimate of drug-likeness (QED) is 0.893. The van der Waals surface area contributed by atoms with Crippen molar-refractivity contribution in [3.05, 3.63) is 24.3 Å². The lowest BCUT2D eigenvalue weighted by Crippen LogP contribution is -2.39. The fourth-order valence-electron chi connectivity index (χ4n) is 2.92. The predicted molar refractivity (Wildman–Crippen MR) is 84.8 cm³/mol. The summed E-state index contributed by atoms with van der Waals surface area (Å²) in [6, 6.07) is 7.75. The van der Waals surface area contributed by atoms with Gasteiger partial charge in [-0.1, -0.05) is 12.1 Å². The number of amides is 1. The Morgan fingerprint density at radius 3 is 2.86 bits per heavy atom. The summed E-state index contributed by atoms with van der Waals surface area (Å²) in [4.78, 5) is 13.6. The highest BCUT2D eigenvalue weighted by Crippen LogP contribution is 2.42. The standard InChI is InChI=1S/C16H21NO4S/c1-16(2)20-9-12(21-16)14-10(7-8-18)15(19)17-11-5-3-4-6-13(11)22-14/h3-6,10,12,14,18H,7-9H2,1-2H3,(H,17,19)/t10-,12-,14-/m0/s1. The Morgan fingerprint density at radius 1 is 1.41 bits per heavy atom. The second-order valence-corrected chi connectivity index (χ2v) is 7.27. The minimum Gasteiger partial charge on any atom is -0.396 e. The fourth-order valence-corrected chi connectivity index (χ4v) is 4.33. The van der Waals surface area contributed by atoms with Crippen LogP contribution in [0.2, 0.25) is 0 Å². The first kappa shape index (κ1) is 15.8. The maximum atomic E-state index is 12.6. The van der Waals surface area contributed by atoms with Crippen LogP contribution in [-0.2, 0) is 14.3 Å². The minimum absolute atomic E-state index is 0.0253. The van der Waals surface area contributed by atoms with Crippen LogP contribution in [0.15, 0.2) is 29.2 Å². The van der Waals surface area contributed by atoms with E-state index in [9.17, 15) is 9.90 Å². The maximum absolute atomic E-state index is 12.6. The van der Waals surface area contributed by atoms with E-state index in [1.807, 2.05) is 38.1 Å². The summed E-state index contributed by atoms with van der Waals surface area (Å²) < 4.78 is 11.6. The van der Waals surface area contributed by atoms with E-state index in [0.717, 1.165) is 10.6 Å². The van der Waals surface area contributed by atoms with E-state index in [1.54, 1.807) is 11.8 Å². The average Bonchev–Trinajstić information content (AvgIpc) is 2.77. The van der Waals surface area contributed by atoms with Crippen LogP contribution in [0.3, 0.4) is 0 Å². The molecule has 1 fully saturated rings. The fraction of sp³-hybridized carbons (Fsp3) is 0.562. The van der Waals surface area contributed by atoms with Crippen LogP contribution in [0.4, 0.5) is 5.69 Å². The zero-order chi connectivity index (χ0) is 15.7. The number of benzene rings is 1. The number of aliphatic hydroxyl groups is 1. The molecule has 0 bridgehead atoms. The second kappa shape index (κ2) is 6.20. The molecule has 2 N–H and O–H groups in total. The Kier molecular flexibility index (Phi) is 4.45. The van der Waals surface area contributed by atoms with Gasteiger partial charge in [-0.05, 0) is 32.4 Å². The van der Waals surface area contributed by atoms with Gasteiger partial charge in [0.2, 0.25) is 5.91 Å². The molecular weight excluding hydrogens is 302 g/mol. The highest BCUT2D eigenvalue weighted by Gasteiger charge is 2.44. The molecular formula is C16H21NO4S. The number of carbonyl (C=O) groups is 1. The van der Waals surface area contributed by atoms with Gasteiger partial charge in [-0.15, -0.1) is 11.8 Å². The molecule has 1 aromatic carbocycles. The average molecular weight is 323 g/mol. The molecule has 1 aromatic rings. The number of thioether (sulfide) groups is 1. The molecule has 2 aliphatic rings. The topological polar surface area (TPSA) is 67.8 Å². The van der Waals surface area contributed by atoms with Crippen molar-refractivity contribution in [1.82, 2.24) is 0 Å². The molecule has 0 saturated carbocycles. The maximum Gasteiger partial charge on any atom is 0.228 e. The predicted octanol–water partition coefficient (Wildman–Crippen LogP) is 2.25. The highest BCUT2D eigenvalue weighted by molar-refractivity contribution is 8.00. The highest BCUT2D eigenvalue weighted by atomic mass is 32.2. The molecule has 1 saturated heterocycles. The van der Waals surface area contributed by atoms with Gasteiger partial charge < -0.3 is 19.9 Å². The van der Waals surface area contributed by atoms with Gasteiger partial charge in [0.15, 0.2) is 5.79 Å². The number of rotatable bonds is 3. The normalized spacial score (nSPS) is 30.5. The number of hydrogen-bond acceptors (Lipinski definition) is 5. The van der Waals surface area contributed by atoms with Gasteiger partial charge in [-0.25, -0.2) is 0 Å². The number of fused-ring (bicyclic) bond motifs is 1. The number of aliphatic hydroxyl groups excluding tert-OH is 1. The van der Waals surface area contributed by atoms with E-state index >= 15 is 0 Å². The van der Waals surface area contributed by atoms with Crippen LogP contribution in [-0.4, -0.2) is 41.4 Å². The van der Waals surface area contributed by atoms with Crippen LogP contribution >= 0.6 is 11.8 Å². The van der Waals surface area contributed by atoms with Crippen LogP contribution < -0.4 is 5.32 Å². The second-order valence-electron chi connectivity index (χ2n) is 6.05. The number of hydrogen-bond donors (Lipinski definition) is 2. The molecule has 0 unspecified atom stereocenters. The van der Waals surface area contributed by atoms with E-state index in [-0.39, 0.29) is 29.8 Å². The Balaban J connectivity index is 1.91. The number of ether oxygens (including phenoxy) is 2. The molecule has 120 valence electrons. The lowest BCUT2D eigenvalue weighted by molar-refractivity contribution is -0.141. The summed E-state index contributed by atoms with van der Waals surface area (Å²) in [5.41, 5.74) is 0.820. The van der Waals surface area contributed by atoms with Crippen molar-refractivity contribution in [3.63, 3.8) is 0 Å². The van der Waals surface area contributed by atoms with Crippen molar-refractivity contribution in [2.45, 2.75) is 42.3 Å². The van der Waals surface area contributed by atoms with Gasteiger partial charge in [0.25, 0.3) is 0 Å². The summed E-state index contributed by atoms with van der Waals surface area (Å²) >= 11 is 1.63. The SMILES string of the molecule is CC1(C)OC[C@@H]([C@H]2Sc3ccccc3NC(=O)[C@H]2CCO)O1. The molecule has 6 heteroatoms. The minimum atomic E-state index is -0.628. The Hall–Kier alpha value is -1.08. The van der Waals surface area contributed by atoms with Crippen LogP contribution in [0.25, 0.3) is 0 Å². The summed E-state index contributed by atoms with van der Waals surface area (Å²) in [7, 11) is 0. The molecule has 5 nitrogen and oxygen atoms in total. The number of nitrogens with one attached hydrogen (secondary N) is 1. The van der Waals surface area contributed by atoms with Gasteiger partial charge in [-0.2, -0.15) is 0 Å². The smallest absolute Gasteiger partial charge is 0.228 e. The van der Waals surface area contributed by atoms with Crippen molar-refractivity contribution in [3.8, 4) is 0 Å². The van der Waals surface area contributed by atoms with Crippen molar-refractivity contribution >= 4 is 23.4 Å². The molecule has 22 heavy (non-hydrogen) atoms. The summed E-state index contributed by atoms with van der Waals surface area (Å²) in [6.45, 7) is 4.19. The molecule has 0 spiro atoms. The first-order valence-corrected chi connectivity index (χ1v) is 8.37. The Labute approximate surface area is 134 Å². The third kappa shape index (κ3) is 3.15. The van der Waals surface area contributed by atoms with Gasteiger partial charge in [0.1, 0.15) is 0 Å². The van der Waals surface area contributed by atoms with Crippen molar-refractivity contribution in [1.29, 1.82) is 0 Å². The first-order chi connectivity index (χ1) is 10.5. The van der Waals surface area contributed by atoms with Crippen LogP contribution in [0, 0.1) is 5.92 Å². The van der Waals surface area contributed by atoms with E-state index < -0.39 is 5.79 Å². The molecule has 3 atom stereocenters. The first-order valence-electron chi connectivity index (χ1n) is 7.49. The summed E-state index contributed by atoms with van der Waals surface area (Å²) in [5, 5.41) is 12.2. The largest absolute Gasteiger partial charge is 0.396 e. The molecule has 2 aliphatic heterocycles. The number of anilines is 1. The van der Waals surface area contributed by atoms with E-state index in [2.05, 4.69) is 5.32 Å². The van der Waals surface area contributed by atoms with Crippen LogP contribution in [0.5, 0.6) is 0 Å². The monoisotopic (exact) mass is 323 g/mol. The molecule has 3 rings (SSSR count). The van der Waals surface area contributed by atoms with Gasteiger partial charge in [-0.3, -0.25) is 4.79 Å².